The van der Waals surface area contributed by atoms with E-state index in [2.05, 4.69) is 19.2 Å². The van der Waals surface area contributed by atoms with Gasteiger partial charge in [-0.3, -0.25) is 4.79 Å². The Hall–Kier alpha value is -1.31. The Morgan fingerprint density at radius 1 is 0.935 bits per heavy atom. The first-order valence-electron chi connectivity index (χ1n) is 13.3. The van der Waals surface area contributed by atoms with Gasteiger partial charge in [0.1, 0.15) is 0 Å². The first-order valence-corrected chi connectivity index (χ1v) is 13.3. The lowest BCUT2D eigenvalue weighted by Gasteiger charge is -2.60. The van der Waals surface area contributed by atoms with Crippen molar-refractivity contribution < 1.29 is 4.79 Å². The lowest BCUT2D eigenvalue weighted by atomic mass is 9.45. The Kier molecular flexibility index (Phi) is 5.72. The van der Waals surface area contributed by atoms with Gasteiger partial charge >= 0.3 is 0 Å². The fourth-order valence-electron chi connectivity index (χ4n) is 9.51. The fourth-order valence-corrected chi connectivity index (χ4v) is 9.51. The number of fused-ring (bicyclic) bond motifs is 4. The summed E-state index contributed by atoms with van der Waals surface area (Å²) in [6, 6.07) is 9.90. The van der Waals surface area contributed by atoms with Crippen LogP contribution in [-0.4, -0.2) is 5.91 Å². The zero-order valence-electron chi connectivity index (χ0n) is 19.9. The zero-order chi connectivity index (χ0) is 21.5. The van der Waals surface area contributed by atoms with Crippen molar-refractivity contribution in [3.63, 3.8) is 0 Å². The molecule has 5 rings (SSSR count). The highest BCUT2D eigenvalue weighted by molar-refractivity contribution is 5.90. The van der Waals surface area contributed by atoms with E-state index in [1.807, 2.05) is 30.3 Å². The van der Waals surface area contributed by atoms with Gasteiger partial charge in [-0.25, -0.2) is 0 Å². The highest BCUT2D eigenvalue weighted by atomic mass is 16.1. The normalized spacial score (nSPS) is 41.7. The van der Waals surface area contributed by atoms with E-state index in [-0.39, 0.29) is 5.91 Å². The molecular formula is C29H43NO. The number of benzene rings is 1. The Morgan fingerprint density at radius 2 is 1.77 bits per heavy atom. The molecule has 1 amide bonds. The number of rotatable bonds is 5. The second kappa shape index (κ2) is 8.23. The summed E-state index contributed by atoms with van der Waals surface area (Å²) in [5, 5.41) is 3.07. The van der Waals surface area contributed by atoms with E-state index in [4.69, 9.17) is 0 Å². The molecule has 0 bridgehead atoms. The molecule has 1 aromatic carbocycles. The van der Waals surface area contributed by atoms with Gasteiger partial charge in [0.05, 0.1) is 0 Å². The van der Waals surface area contributed by atoms with Crippen LogP contribution in [-0.2, 0) is 4.79 Å². The molecule has 4 aliphatic carbocycles. The first-order chi connectivity index (χ1) is 15.0. The summed E-state index contributed by atoms with van der Waals surface area (Å²) in [6.07, 6.45) is 19.2. The fraction of sp³-hybridized carbons (Fsp3) is 0.759. The van der Waals surface area contributed by atoms with Crippen LogP contribution in [0.25, 0.3) is 0 Å². The Balaban J connectivity index is 1.24. The average molecular weight is 422 g/mol. The lowest BCUT2D eigenvalue weighted by molar-refractivity contribution is -0.117. The molecule has 4 aliphatic rings. The van der Waals surface area contributed by atoms with Gasteiger partial charge in [-0.15, -0.1) is 0 Å². The number of amides is 1. The summed E-state index contributed by atoms with van der Waals surface area (Å²) < 4.78 is 0. The highest BCUT2D eigenvalue weighted by Gasteiger charge is 2.66. The molecule has 2 heteroatoms. The number of anilines is 1. The van der Waals surface area contributed by atoms with Crippen molar-refractivity contribution in [2.45, 2.75) is 104 Å². The molecule has 2 nitrogen and oxygen atoms in total. The summed E-state index contributed by atoms with van der Waals surface area (Å²) >= 11 is 0. The van der Waals surface area contributed by atoms with Crippen LogP contribution in [0.2, 0.25) is 0 Å². The molecule has 6 unspecified atom stereocenters. The largest absolute Gasteiger partial charge is 0.326 e. The van der Waals surface area contributed by atoms with Gasteiger partial charge < -0.3 is 5.32 Å². The number of hydrogen-bond acceptors (Lipinski definition) is 1. The van der Waals surface area contributed by atoms with Crippen LogP contribution in [0.4, 0.5) is 5.69 Å². The average Bonchev–Trinajstić information content (AvgIpc) is 3.25. The summed E-state index contributed by atoms with van der Waals surface area (Å²) in [5.41, 5.74) is 2.68. The third kappa shape index (κ3) is 3.47. The minimum absolute atomic E-state index is 0.180. The van der Waals surface area contributed by atoms with E-state index >= 15 is 0 Å². The summed E-state index contributed by atoms with van der Waals surface area (Å²) in [5.74, 6) is 2.94. The van der Waals surface area contributed by atoms with E-state index < -0.39 is 0 Å². The van der Waals surface area contributed by atoms with Crippen LogP contribution < -0.4 is 5.32 Å². The number of nitrogens with one attached hydrogen (secondary N) is 1. The van der Waals surface area contributed by atoms with Gasteiger partial charge in [0, 0.05) is 12.1 Å². The number of hydrogen-bond donors (Lipinski definition) is 1. The van der Waals surface area contributed by atoms with Crippen molar-refractivity contribution >= 4 is 11.6 Å². The smallest absolute Gasteiger partial charge is 0.224 e. The predicted molar refractivity (Wildman–Crippen MR) is 129 cm³/mol. The monoisotopic (exact) mass is 421 g/mol. The number of para-hydroxylation sites is 1. The molecule has 0 saturated heterocycles. The van der Waals surface area contributed by atoms with Gasteiger partial charge in [-0.1, -0.05) is 51.3 Å². The van der Waals surface area contributed by atoms with Crippen molar-refractivity contribution in [3.8, 4) is 0 Å². The second-order valence-electron chi connectivity index (χ2n) is 12.0. The van der Waals surface area contributed by atoms with Crippen LogP contribution in [0.15, 0.2) is 30.3 Å². The maximum Gasteiger partial charge on any atom is 0.224 e. The lowest BCUT2D eigenvalue weighted by Crippen LogP contribution is -2.52. The third-order valence-electron chi connectivity index (χ3n) is 11.0. The van der Waals surface area contributed by atoms with E-state index in [1.165, 1.54) is 77.0 Å². The van der Waals surface area contributed by atoms with E-state index in [0.717, 1.165) is 29.9 Å². The molecule has 6 atom stereocenters. The molecule has 170 valence electrons. The van der Waals surface area contributed by atoms with Crippen LogP contribution in [0, 0.1) is 34.0 Å². The molecule has 4 fully saturated rings. The molecule has 0 radical (unpaired) electrons. The van der Waals surface area contributed by atoms with Crippen LogP contribution in [0.3, 0.4) is 0 Å². The third-order valence-corrected chi connectivity index (χ3v) is 11.0. The Labute approximate surface area is 190 Å². The maximum absolute atomic E-state index is 12.4. The van der Waals surface area contributed by atoms with E-state index in [9.17, 15) is 4.79 Å². The first kappa shape index (κ1) is 21.5. The van der Waals surface area contributed by atoms with Crippen molar-refractivity contribution in [2.24, 2.45) is 34.0 Å². The maximum atomic E-state index is 12.4. The molecule has 1 N–H and O–H groups in total. The minimum Gasteiger partial charge on any atom is -0.326 e. The highest BCUT2D eigenvalue weighted by Crippen LogP contribution is 2.75. The van der Waals surface area contributed by atoms with Crippen LogP contribution in [0.5, 0.6) is 0 Å². The second-order valence-corrected chi connectivity index (χ2v) is 12.0. The summed E-state index contributed by atoms with van der Waals surface area (Å²) in [4.78, 5) is 12.4. The minimum atomic E-state index is 0.180. The van der Waals surface area contributed by atoms with Gasteiger partial charge in [0.15, 0.2) is 0 Å². The van der Waals surface area contributed by atoms with E-state index in [0.29, 0.717) is 22.7 Å². The molecule has 1 spiro atoms. The SMILES string of the molecule is CC12CCCC3(CCC4CCCCC43C)C1CCC2CCCC(=O)Nc1ccccc1. The van der Waals surface area contributed by atoms with Gasteiger partial charge in [0.25, 0.3) is 0 Å². The molecule has 4 saturated carbocycles. The van der Waals surface area contributed by atoms with E-state index in [1.54, 1.807) is 0 Å². The summed E-state index contributed by atoms with van der Waals surface area (Å²) in [6.45, 7) is 5.39. The van der Waals surface area contributed by atoms with Gasteiger partial charge in [-0.2, -0.15) is 0 Å². The molecular weight excluding hydrogens is 378 g/mol. The summed E-state index contributed by atoms with van der Waals surface area (Å²) in [7, 11) is 0. The van der Waals surface area contributed by atoms with Crippen molar-refractivity contribution in [2.75, 3.05) is 5.32 Å². The molecule has 0 aromatic heterocycles. The van der Waals surface area contributed by atoms with Crippen molar-refractivity contribution in [3.05, 3.63) is 30.3 Å². The topological polar surface area (TPSA) is 29.1 Å². The quantitative estimate of drug-likeness (QED) is 0.513. The molecule has 0 aliphatic heterocycles. The van der Waals surface area contributed by atoms with Crippen LogP contribution >= 0.6 is 0 Å². The molecule has 31 heavy (non-hydrogen) atoms. The standard InChI is InChI=1S/C29H43NO/c1-27-18-9-20-29(21-17-23-10-6-7-19-28(23,29)2)25(27)16-15-22(27)11-8-14-26(31)30-24-12-4-3-5-13-24/h3-5,12-13,22-23,25H,6-11,14-21H2,1-2H3,(H,30,31). The van der Waals surface area contributed by atoms with Gasteiger partial charge in [0.2, 0.25) is 5.91 Å². The zero-order valence-corrected chi connectivity index (χ0v) is 19.9. The number of carbonyl (C=O) groups is 1. The van der Waals surface area contributed by atoms with Crippen molar-refractivity contribution in [1.29, 1.82) is 0 Å². The Bertz CT molecular complexity index is 789. The van der Waals surface area contributed by atoms with Crippen molar-refractivity contribution in [1.82, 2.24) is 0 Å². The molecule has 1 aromatic rings. The number of carbonyl (C=O) groups excluding carboxylic acids is 1. The van der Waals surface area contributed by atoms with Crippen LogP contribution in [0.1, 0.15) is 104 Å². The van der Waals surface area contributed by atoms with Gasteiger partial charge in [-0.05, 0) is 110 Å². The molecule has 0 heterocycles. The Morgan fingerprint density at radius 3 is 2.61 bits per heavy atom. The predicted octanol–water partition coefficient (Wildman–Crippen LogP) is 7.99.